The van der Waals surface area contributed by atoms with Crippen molar-refractivity contribution in [2.45, 2.75) is 6.54 Å². The van der Waals surface area contributed by atoms with Crippen LogP contribution in [0.3, 0.4) is 0 Å². The third kappa shape index (κ3) is 2.66. The van der Waals surface area contributed by atoms with Gasteiger partial charge in [0, 0.05) is 19.8 Å². The second-order valence-corrected chi connectivity index (χ2v) is 4.72. The van der Waals surface area contributed by atoms with Gasteiger partial charge < -0.3 is 16.4 Å². The number of hydrogen-bond donors (Lipinski definition) is 2. The summed E-state index contributed by atoms with van der Waals surface area (Å²) >= 11 is 0. The van der Waals surface area contributed by atoms with E-state index in [1.807, 2.05) is 30.1 Å². The minimum Gasteiger partial charge on any atom is -0.383 e. The molecule has 106 valence electrons. The maximum absolute atomic E-state index is 5.78. The molecule has 0 bridgehead atoms. The van der Waals surface area contributed by atoms with E-state index in [1.165, 1.54) is 5.56 Å². The Morgan fingerprint density at radius 1 is 1.05 bits per heavy atom. The van der Waals surface area contributed by atoms with E-state index in [9.17, 15) is 0 Å². The predicted octanol–water partition coefficient (Wildman–Crippen LogP) is 1.22. The summed E-state index contributed by atoms with van der Waals surface area (Å²) in [6.07, 6.45) is 1.62. The molecular weight excluding hydrogens is 266 g/mol. The molecule has 0 spiro atoms. The van der Waals surface area contributed by atoms with Crippen LogP contribution in [0.25, 0.3) is 11.0 Å². The number of hydrogen-bond acceptors (Lipinski definition) is 7. The van der Waals surface area contributed by atoms with Gasteiger partial charge in [-0.25, -0.2) is 4.98 Å². The first kappa shape index (κ1) is 13.0. The van der Waals surface area contributed by atoms with Crippen molar-refractivity contribution in [3.05, 3.63) is 42.1 Å². The minimum atomic E-state index is 0.107. The zero-order chi connectivity index (χ0) is 14.8. The molecule has 2 aromatic heterocycles. The molecule has 0 aliphatic heterocycles. The fourth-order valence-corrected chi connectivity index (χ4v) is 2.06. The monoisotopic (exact) mass is 281 g/mol. The van der Waals surface area contributed by atoms with Crippen LogP contribution in [0, 0.1) is 0 Å². The average Bonchev–Trinajstić information content (AvgIpc) is 2.47. The van der Waals surface area contributed by atoms with Crippen LogP contribution >= 0.6 is 0 Å². The first-order chi connectivity index (χ1) is 10.1. The van der Waals surface area contributed by atoms with E-state index in [2.05, 4.69) is 32.1 Å². The third-order valence-electron chi connectivity index (χ3n) is 3.09. The zero-order valence-corrected chi connectivity index (χ0v) is 11.6. The highest BCUT2D eigenvalue weighted by Gasteiger charge is 2.10. The van der Waals surface area contributed by atoms with Crippen LogP contribution in [0.5, 0.6) is 0 Å². The van der Waals surface area contributed by atoms with Gasteiger partial charge in [0.1, 0.15) is 5.82 Å². The number of aromatic nitrogens is 4. The second kappa shape index (κ2) is 5.20. The van der Waals surface area contributed by atoms with E-state index >= 15 is 0 Å². The summed E-state index contributed by atoms with van der Waals surface area (Å²) < 4.78 is 0. The molecule has 0 radical (unpaired) electrons. The summed E-state index contributed by atoms with van der Waals surface area (Å²) in [5, 5.41) is 0.598. The predicted molar refractivity (Wildman–Crippen MR) is 82.5 cm³/mol. The van der Waals surface area contributed by atoms with Gasteiger partial charge >= 0.3 is 0 Å². The first-order valence-corrected chi connectivity index (χ1v) is 6.44. The molecular formula is C14H15N7. The van der Waals surface area contributed by atoms with Crippen molar-refractivity contribution in [2.75, 3.05) is 23.4 Å². The number of rotatable bonds is 3. The quantitative estimate of drug-likeness (QED) is 0.743. The van der Waals surface area contributed by atoms with Gasteiger partial charge in [-0.3, -0.25) is 0 Å². The van der Waals surface area contributed by atoms with E-state index in [0.717, 1.165) is 0 Å². The van der Waals surface area contributed by atoms with E-state index < -0.39 is 0 Å². The molecule has 0 atom stereocenters. The molecule has 2 heterocycles. The third-order valence-corrected chi connectivity index (χ3v) is 3.09. The topological polar surface area (TPSA) is 107 Å². The van der Waals surface area contributed by atoms with Gasteiger partial charge in [0.25, 0.3) is 0 Å². The Labute approximate surface area is 121 Å². The van der Waals surface area contributed by atoms with Crippen LogP contribution in [0.4, 0.5) is 17.7 Å². The van der Waals surface area contributed by atoms with Crippen molar-refractivity contribution in [2.24, 2.45) is 0 Å². The number of nitrogen functional groups attached to an aromatic ring is 2. The lowest BCUT2D eigenvalue weighted by Gasteiger charge is -2.17. The molecule has 0 saturated heterocycles. The fourth-order valence-electron chi connectivity index (χ4n) is 2.06. The zero-order valence-electron chi connectivity index (χ0n) is 11.6. The Kier molecular flexibility index (Phi) is 3.23. The second-order valence-electron chi connectivity index (χ2n) is 4.72. The molecule has 0 unspecified atom stereocenters. The highest BCUT2D eigenvalue weighted by atomic mass is 15.2. The lowest BCUT2D eigenvalue weighted by Crippen LogP contribution is -2.19. The average molecular weight is 281 g/mol. The first-order valence-electron chi connectivity index (χ1n) is 6.44. The van der Waals surface area contributed by atoms with Crippen LogP contribution in [-0.2, 0) is 6.54 Å². The summed E-state index contributed by atoms with van der Waals surface area (Å²) in [5.74, 6) is 0.953. The molecule has 7 heteroatoms. The summed E-state index contributed by atoms with van der Waals surface area (Å²) in [4.78, 5) is 18.6. The van der Waals surface area contributed by atoms with E-state index in [1.54, 1.807) is 6.20 Å². The van der Waals surface area contributed by atoms with Crippen LogP contribution in [0.2, 0.25) is 0 Å². The molecule has 21 heavy (non-hydrogen) atoms. The van der Waals surface area contributed by atoms with Gasteiger partial charge in [-0.2, -0.15) is 15.0 Å². The highest BCUT2D eigenvalue weighted by Crippen LogP contribution is 2.19. The van der Waals surface area contributed by atoms with Gasteiger partial charge in [-0.15, -0.1) is 0 Å². The van der Waals surface area contributed by atoms with Crippen molar-refractivity contribution in [3.63, 3.8) is 0 Å². The van der Waals surface area contributed by atoms with Crippen molar-refractivity contribution in [1.82, 2.24) is 19.9 Å². The van der Waals surface area contributed by atoms with Crippen LogP contribution < -0.4 is 16.4 Å². The van der Waals surface area contributed by atoms with Crippen LogP contribution in [-0.4, -0.2) is 27.0 Å². The van der Waals surface area contributed by atoms with E-state index in [4.69, 9.17) is 11.5 Å². The van der Waals surface area contributed by atoms with E-state index in [-0.39, 0.29) is 11.8 Å². The summed E-state index contributed by atoms with van der Waals surface area (Å²) in [6.45, 7) is 0.697. The summed E-state index contributed by atoms with van der Waals surface area (Å²) in [7, 11) is 1.92. The Morgan fingerprint density at radius 2 is 1.81 bits per heavy atom. The van der Waals surface area contributed by atoms with Crippen molar-refractivity contribution < 1.29 is 0 Å². The van der Waals surface area contributed by atoms with E-state index in [0.29, 0.717) is 23.5 Å². The Hall–Kier alpha value is -2.96. The number of benzene rings is 1. The number of nitrogens with two attached hydrogens (primary N) is 2. The van der Waals surface area contributed by atoms with Gasteiger partial charge in [0.2, 0.25) is 11.9 Å². The molecule has 0 aliphatic rings. The Morgan fingerprint density at radius 3 is 2.57 bits per heavy atom. The molecule has 0 aliphatic carbocycles. The molecule has 7 nitrogen and oxygen atoms in total. The van der Waals surface area contributed by atoms with Crippen molar-refractivity contribution in [1.29, 1.82) is 0 Å². The standard InChI is InChI=1S/C14H15N7/c1-21(8-9-5-3-2-4-6-9)14-17-7-10-11(15)18-13(16)19-12(10)20-14/h2-7H,8H2,1H3,(H4,15,16,17,18,19,20). The largest absolute Gasteiger partial charge is 0.383 e. The van der Waals surface area contributed by atoms with Crippen LogP contribution in [0.1, 0.15) is 5.56 Å². The Bertz CT molecular complexity index is 773. The smallest absolute Gasteiger partial charge is 0.227 e. The molecule has 1 aromatic carbocycles. The summed E-state index contributed by atoms with van der Waals surface area (Å²) in [6, 6.07) is 10.1. The SMILES string of the molecule is CN(Cc1ccccc1)c1ncc2c(N)nc(N)nc2n1. The molecule has 0 saturated carbocycles. The van der Waals surface area contributed by atoms with Crippen LogP contribution in [0.15, 0.2) is 36.5 Å². The molecule has 3 rings (SSSR count). The van der Waals surface area contributed by atoms with Gasteiger partial charge in [-0.1, -0.05) is 30.3 Å². The minimum absolute atomic E-state index is 0.107. The molecule has 0 fully saturated rings. The number of anilines is 3. The maximum Gasteiger partial charge on any atom is 0.227 e. The number of fused-ring (bicyclic) bond motifs is 1. The van der Waals surface area contributed by atoms with Gasteiger partial charge in [-0.05, 0) is 5.56 Å². The maximum atomic E-state index is 5.78. The molecule has 3 aromatic rings. The normalized spacial score (nSPS) is 10.7. The lowest BCUT2D eigenvalue weighted by atomic mass is 10.2. The Balaban J connectivity index is 1.93. The highest BCUT2D eigenvalue weighted by molar-refractivity contribution is 5.85. The summed E-state index contributed by atoms with van der Waals surface area (Å²) in [5.41, 5.74) is 13.0. The van der Waals surface area contributed by atoms with Crippen molar-refractivity contribution >= 4 is 28.7 Å². The molecule has 0 amide bonds. The molecule has 4 N–H and O–H groups in total. The lowest BCUT2D eigenvalue weighted by molar-refractivity contribution is 0.871. The fraction of sp³-hybridized carbons (Fsp3) is 0.143. The van der Waals surface area contributed by atoms with Crippen molar-refractivity contribution in [3.8, 4) is 0 Å². The number of nitrogens with zero attached hydrogens (tertiary/aromatic N) is 5. The van der Waals surface area contributed by atoms with Gasteiger partial charge in [0.15, 0.2) is 5.65 Å². The van der Waals surface area contributed by atoms with Gasteiger partial charge in [0.05, 0.1) is 5.39 Å².